The highest BCUT2D eigenvalue weighted by Crippen LogP contribution is 2.13. The molecule has 1 rings (SSSR count). The zero-order valence-electron chi connectivity index (χ0n) is 23.5. The van der Waals surface area contributed by atoms with Crippen LogP contribution in [-0.2, 0) is 25.5 Å². The molecule has 0 spiro atoms. The van der Waals surface area contributed by atoms with Gasteiger partial charge in [0.05, 0.1) is 19.8 Å². The highest BCUT2D eigenvalue weighted by atomic mass is 79.9. The van der Waals surface area contributed by atoms with Crippen LogP contribution in [0.2, 0.25) is 0 Å². The fourth-order valence-corrected chi connectivity index (χ4v) is 4.26. The van der Waals surface area contributed by atoms with Gasteiger partial charge in [-0.05, 0) is 6.42 Å². The van der Waals surface area contributed by atoms with E-state index in [-0.39, 0.29) is 29.9 Å². The van der Waals surface area contributed by atoms with Crippen molar-refractivity contribution in [1.82, 2.24) is 0 Å². The molecule has 1 heterocycles. The summed E-state index contributed by atoms with van der Waals surface area (Å²) < 4.78 is 24.4. The lowest BCUT2D eigenvalue weighted by Gasteiger charge is -2.16. The fraction of sp³-hybridized carbons (Fsp3) is 0.833. The van der Waals surface area contributed by atoms with Gasteiger partial charge in [-0.3, -0.25) is 0 Å². The summed E-state index contributed by atoms with van der Waals surface area (Å²) in [5.74, 6) is 0. The smallest absolute Gasteiger partial charge is 0.176 e. The molecule has 1 aromatic heterocycles. The molecule has 0 aliphatic carbocycles. The second-order valence-electron chi connectivity index (χ2n) is 9.76. The molecule has 0 saturated carbocycles. The van der Waals surface area contributed by atoms with Crippen LogP contribution >= 0.6 is 0 Å². The van der Waals surface area contributed by atoms with E-state index < -0.39 is 0 Å². The lowest BCUT2D eigenvalue weighted by molar-refractivity contribution is -0.704. The summed E-state index contributed by atoms with van der Waals surface area (Å²) in [5, 5.41) is 0. The van der Waals surface area contributed by atoms with Crippen molar-refractivity contribution in [3.63, 3.8) is 0 Å². The van der Waals surface area contributed by atoms with E-state index in [1.54, 1.807) is 7.11 Å². The lowest BCUT2D eigenvalue weighted by Crippen LogP contribution is -3.00. The first-order valence-electron chi connectivity index (χ1n) is 14.6. The van der Waals surface area contributed by atoms with Crippen LogP contribution in [0.1, 0.15) is 110 Å². The van der Waals surface area contributed by atoms with E-state index in [2.05, 4.69) is 23.9 Å². The topological polar surface area (TPSA) is 40.8 Å². The Bertz CT molecular complexity index is 535. The number of aromatic nitrogens is 1. The van der Waals surface area contributed by atoms with Crippen LogP contribution in [-0.4, -0.2) is 46.4 Å². The number of hydrogen-bond donors (Lipinski definition) is 0. The molecule has 0 fully saturated rings. The fourth-order valence-electron chi connectivity index (χ4n) is 4.26. The molecule has 1 unspecified atom stereocenters. The molecule has 6 heteroatoms. The van der Waals surface area contributed by atoms with Gasteiger partial charge < -0.3 is 35.9 Å². The quantitative estimate of drug-likeness (QED) is 0.0895. The molecule has 0 N–H and O–H groups in total. The molecule has 1 aromatic rings. The first kappa shape index (κ1) is 35.5. The number of nitrogens with zero attached hydrogens (tertiary/aromatic N) is 1. The van der Waals surface area contributed by atoms with Gasteiger partial charge in [-0.1, -0.05) is 109 Å². The minimum absolute atomic E-state index is 0. The molecule has 5 nitrogen and oxygen atoms in total. The average molecular weight is 575 g/mol. The monoisotopic (exact) mass is 573 g/mol. The second-order valence-corrected chi connectivity index (χ2v) is 9.76. The van der Waals surface area contributed by atoms with E-state index in [0.717, 1.165) is 19.6 Å². The van der Waals surface area contributed by atoms with Crippen molar-refractivity contribution in [3.05, 3.63) is 30.6 Å². The third-order valence-corrected chi connectivity index (χ3v) is 6.46. The second kappa shape index (κ2) is 29.0. The first-order valence-corrected chi connectivity index (χ1v) is 14.6. The van der Waals surface area contributed by atoms with Gasteiger partial charge in [-0.25, -0.2) is 4.57 Å². The molecule has 0 aromatic carbocycles. The zero-order valence-corrected chi connectivity index (χ0v) is 25.1. The van der Waals surface area contributed by atoms with Gasteiger partial charge >= 0.3 is 0 Å². The Balaban J connectivity index is 0.0000122. The van der Waals surface area contributed by atoms with Crippen LogP contribution in [0.4, 0.5) is 0 Å². The molecule has 36 heavy (non-hydrogen) atoms. The number of ether oxygens (including phenoxy) is 4. The average Bonchev–Trinajstić information content (AvgIpc) is 2.88. The van der Waals surface area contributed by atoms with E-state index >= 15 is 0 Å². The van der Waals surface area contributed by atoms with Crippen molar-refractivity contribution in [2.45, 2.75) is 122 Å². The maximum absolute atomic E-state index is 5.95. The molecule has 0 amide bonds. The Morgan fingerprint density at radius 2 is 1.14 bits per heavy atom. The highest BCUT2D eigenvalue weighted by Gasteiger charge is 2.15. The van der Waals surface area contributed by atoms with Crippen LogP contribution in [0.25, 0.3) is 0 Å². The molecule has 1 atom stereocenters. The van der Waals surface area contributed by atoms with E-state index in [1.165, 1.54) is 96.3 Å². The normalized spacial score (nSPS) is 11.9. The van der Waals surface area contributed by atoms with Crippen LogP contribution < -0.4 is 21.5 Å². The summed E-state index contributed by atoms with van der Waals surface area (Å²) in [6, 6.07) is 6.08. The maximum atomic E-state index is 5.95. The van der Waals surface area contributed by atoms with Crippen molar-refractivity contribution in [2.24, 2.45) is 0 Å². The third-order valence-electron chi connectivity index (χ3n) is 6.46. The number of unbranched alkanes of at least 4 members (excludes halogenated alkanes) is 15. The predicted molar refractivity (Wildman–Crippen MR) is 145 cm³/mol. The first-order chi connectivity index (χ1) is 17.4. The number of halogens is 1. The number of methoxy groups -OCH3 is 1. The van der Waals surface area contributed by atoms with Crippen LogP contribution in [0.5, 0.6) is 0 Å². The zero-order chi connectivity index (χ0) is 25.1. The highest BCUT2D eigenvalue weighted by molar-refractivity contribution is 4.83. The van der Waals surface area contributed by atoms with Crippen molar-refractivity contribution < 1.29 is 40.5 Å². The Labute approximate surface area is 233 Å². The standard InChI is InChI=1S/C30H56NO4.BrH/c1-3-4-5-6-7-8-9-10-11-12-13-14-15-16-17-21-24-33-28-30(35-29-34-26-25-32-2)27-31-22-19-18-20-23-31;/h18-20,22-23,30H,3-17,21,24-29H2,1-2H3;1H/q+1;/p-1. The van der Waals surface area contributed by atoms with Gasteiger partial charge in [0.25, 0.3) is 0 Å². The molecule has 212 valence electrons. The van der Waals surface area contributed by atoms with Crippen LogP contribution in [0.15, 0.2) is 30.6 Å². The van der Waals surface area contributed by atoms with Gasteiger partial charge in [0.2, 0.25) is 0 Å². The van der Waals surface area contributed by atoms with Gasteiger partial charge in [-0.2, -0.15) is 0 Å². The largest absolute Gasteiger partial charge is 1.00 e. The van der Waals surface area contributed by atoms with Crippen LogP contribution in [0.3, 0.4) is 0 Å². The van der Waals surface area contributed by atoms with Crippen molar-refractivity contribution in [3.8, 4) is 0 Å². The third kappa shape index (κ3) is 23.8. The van der Waals surface area contributed by atoms with Crippen molar-refractivity contribution in [2.75, 3.05) is 40.3 Å². The Kier molecular flexibility index (Phi) is 28.6. The summed E-state index contributed by atoms with van der Waals surface area (Å²) >= 11 is 0. The Hall–Kier alpha value is -0.530. The predicted octanol–water partition coefficient (Wildman–Crippen LogP) is 4.26. The molecular weight excluding hydrogens is 518 g/mol. The molecule has 0 saturated heterocycles. The number of rotatable bonds is 27. The Morgan fingerprint density at radius 3 is 1.67 bits per heavy atom. The minimum Gasteiger partial charge on any atom is -1.00 e. The number of hydrogen-bond acceptors (Lipinski definition) is 4. The van der Waals surface area contributed by atoms with Gasteiger partial charge in [0.15, 0.2) is 18.9 Å². The van der Waals surface area contributed by atoms with Gasteiger partial charge in [-0.15, -0.1) is 0 Å². The summed E-state index contributed by atoms with van der Waals surface area (Å²) in [6.45, 7) is 5.84. The molecular formula is C30H56BrNO4. The molecule has 0 bridgehead atoms. The minimum atomic E-state index is -0.0222. The van der Waals surface area contributed by atoms with Gasteiger partial charge in [0, 0.05) is 25.8 Å². The van der Waals surface area contributed by atoms with Crippen molar-refractivity contribution in [1.29, 1.82) is 0 Å². The summed E-state index contributed by atoms with van der Waals surface area (Å²) in [6.07, 6.45) is 26.3. The molecule has 0 aliphatic heterocycles. The van der Waals surface area contributed by atoms with E-state index in [9.17, 15) is 0 Å². The lowest BCUT2D eigenvalue weighted by atomic mass is 10.0. The number of pyridine rings is 1. The summed E-state index contributed by atoms with van der Waals surface area (Å²) in [7, 11) is 1.67. The molecule has 0 radical (unpaired) electrons. The summed E-state index contributed by atoms with van der Waals surface area (Å²) in [5.41, 5.74) is 0. The SMILES string of the molecule is CCCCCCCCCCCCCCCCCCOCC(C[n+]1ccccc1)OCOCCOC.[Br-]. The van der Waals surface area contributed by atoms with Crippen LogP contribution in [0, 0.1) is 0 Å². The summed E-state index contributed by atoms with van der Waals surface area (Å²) in [4.78, 5) is 0. The van der Waals surface area contributed by atoms with Gasteiger partial charge in [0.1, 0.15) is 12.9 Å². The molecule has 0 aliphatic rings. The van der Waals surface area contributed by atoms with E-state index in [4.69, 9.17) is 18.9 Å². The van der Waals surface area contributed by atoms with Crippen molar-refractivity contribution >= 4 is 0 Å². The maximum Gasteiger partial charge on any atom is 0.176 e. The Morgan fingerprint density at radius 1 is 0.611 bits per heavy atom. The van der Waals surface area contributed by atoms with E-state index in [1.807, 2.05) is 18.2 Å². The van der Waals surface area contributed by atoms with E-state index in [0.29, 0.717) is 19.8 Å².